The first kappa shape index (κ1) is 12.2. The highest BCUT2D eigenvalue weighted by Gasteiger charge is 2.19. The van der Waals surface area contributed by atoms with Crippen molar-refractivity contribution < 1.29 is 17.9 Å². The van der Waals surface area contributed by atoms with E-state index < -0.39 is 9.84 Å². The van der Waals surface area contributed by atoms with Crippen LogP contribution in [0.2, 0.25) is 0 Å². The van der Waals surface area contributed by atoms with Crippen molar-refractivity contribution in [1.29, 1.82) is 0 Å². The maximum Gasteiger partial charge on any atom is 0.231 e. The second-order valence-electron chi connectivity index (χ2n) is 3.83. The van der Waals surface area contributed by atoms with Gasteiger partial charge in [-0.1, -0.05) is 0 Å². The molecule has 0 saturated carbocycles. The van der Waals surface area contributed by atoms with E-state index >= 15 is 0 Å². The standard InChI is InChI=1S/C11H15NO4S/c12-5-1-2-6-17(13,14)9-3-4-10-11(7-9)16-8-15-10/h3-4,7H,1-2,5-6,8,12H2. The van der Waals surface area contributed by atoms with Crippen molar-refractivity contribution in [3.8, 4) is 11.5 Å². The van der Waals surface area contributed by atoms with Crippen LogP contribution in [0.3, 0.4) is 0 Å². The monoisotopic (exact) mass is 257 g/mol. The molecule has 0 radical (unpaired) electrons. The Labute approximate surface area is 100 Å². The number of nitrogens with two attached hydrogens (primary N) is 1. The van der Waals surface area contributed by atoms with Gasteiger partial charge in [-0.25, -0.2) is 8.42 Å². The van der Waals surface area contributed by atoms with Crippen LogP contribution in [0.15, 0.2) is 23.1 Å². The summed E-state index contributed by atoms with van der Waals surface area (Å²) in [5.74, 6) is 1.19. The Balaban J connectivity index is 2.16. The Morgan fingerprint density at radius 3 is 2.71 bits per heavy atom. The molecule has 0 amide bonds. The molecule has 1 heterocycles. The molecule has 1 aromatic carbocycles. The van der Waals surface area contributed by atoms with Crippen LogP contribution in [0.4, 0.5) is 0 Å². The van der Waals surface area contributed by atoms with E-state index in [1.54, 1.807) is 12.1 Å². The van der Waals surface area contributed by atoms with Gasteiger partial charge in [-0.2, -0.15) is 0 Å². The Hall–Kier alpha value is -1.27. The second-order valence-corrected chi connectivity index (χ2v) is 5.94. The molecule has 0 bridgehead atoms. The second kappa shape index (κ2) is 4.93. The minimum Gasteiger partial charge on any atom is -0.454 e. The summed E-state index contributed by atoms with van der Waals surface area (Å²) in [6.45, 7) is 0.655. The zero-order valence-electron chi connectivity index (χ0n) is 9.39. The third-order valence-electron chi connectivity index (χ3n) is 2.57. The first-order chi connectivity index (χ1) is 8.13. The van der Waals surface area contributed by atoms with E-state index in [1.807, 2.05) is 0 Å². The predicted molar refractivity (Wildman–Crippen MR) is 62.9 cm³/mol. The number of ether oxygens (including phenoxy) is 2. The molecule has 0 aromatic heterocycles. The van der Waals surface area contributed by atoms with Crippen molar-refractivity contribution in [3.05, 3.63) is 18.2 Å². The van der Waals surface area contributed by atoms with Crippen molar-refractivity contribution in [2.24, 2.45) is 5.73 Å². The maximum absolute atomic E-state index is 12.0. The number of sulfone groups is 1. The van der Waals surface area contributed by atoms with E-state index in [0.717, 1.165) is 0 Å². The molecule has 1 aromatic rings. The summed E-state index contributed by atoms with van der Waals surface area (Å²) in [6.07, 6.45) is 1.29. The molecule has 0 atom stereocenters. The summed E-state index contributed by atoms with van der Waals surface area (Å²) in [6, 6.07) is 4.68. The number of rotatable bonds is 5. The molecule has 5 nitrogen and oxygen atoms in total. The Bertz CT molecular complexity index is 498. The third-order valence-corrected chi connectivity index (χ3v) is 4.37. The number of unbranched alkanes of at least 4 members (excludes halogenated alkanes) is 1. The quantitative estimate of drug-likeness (QED) is 0.794. The SMILES string of the molecule is NCCCCS(=O)(=O)c1ccc2c(c1)OCO2. The summed E-state index contributed by atoms with van der Waals surface area (Å²) in [7, 11) is -3.25. The molecular formula is C11H15NO4S. The van der Waals surface area contributed by atoms with Gasteiger partial charge in [-0.3, -0.25) is 0 Å². The normalized spacial score (nSPS) is 13.9. The Kier molecular flexibility index (Phi) is 3.54. The average molecular weight is 257 g/mol. The molecule has 2 rings (SSSR count). The number of fused-ring (bicyclic) bond motifs is 1. The van der Waals surface area contributed by atoms with Gasteiger partial charge in [-0.05, 0) is 31.5 Å². The molecule has 0 spiro atoms. The predicted octanol–water partition coefficient (Wildman–Crippen LogP) is 0.928. The molecule has 6 heteroatoms. The fourth-order valence-electron chi connectivity index (χ4n) is 1.62. The van der Waals surface area contributed by atoms with E-state index in [0.29, 0.717) is 30.9 Å². The Morgan fingerprint density at radius 2 is 1.94 bits per heavy atom. The zero-order valence-corrected chi connectivity index (χ0v) is 10.2. The van der Waals surface area contributed by atoms with Gasteiger partial charge in [0.25, 0.3) is 0 Å². The number of benzene rings is 1. The van der Waals surface area contributed by atoms with Crippen LogP contribution >= 0.6 is 0 Å². The Morgan fingerprint density at radius 1 is 1.18 bits per heavy atom. The minimum absolute atomic E-state index is 0.115. The zero-order chi connectivity index (χ0) is 12.3. The summed E-state index contributed by atoms with van der Waals surface area (Å²) < 4.78 is 34.2. The molecule has 1 aliphatic heterocycles. The van der Waals surface area contributed by atoms with E-state index in [1.165, 1.54) is 6.07 Å². The number of hydrogen-bond donors (Lipinski definition) is 1. The number of hydrogen-bond acceptors (Lipinski definition) is 5. The summed E-state index contributed by atoms with van der Waals surface area (Å²) in [5, 5.41) is 0. The van der Waals surface area contributed by atoms with Gasteiger partial charge >= 0.3 is 0 Å². The first-order valence-electron chi connectivity index (χ1n) is 5.46. The lowest BCUT2D eigenvalue weighted by molar-refractivity contribution is 0.174. The van der Waals surface area contributed by atoms with Crippen LogP contribution in [0.1, 0.15) is 12.8 Å². The van der Waals surface area contributed by atoms with Crippen LogP contribution in [-0.2, 0) is 9.84 Å². The lowest BCUT2D eigenvalue weighted by Crippen LogP contribution is -2.09. The fourth-order valence-corrected chi connectivity index (χ4v) is 3.01. The van der Waals surface area contributed by atoms with Gasteiger partial charge in [0.2, 0.25) is 6.79 Å². The molecule has 0 saturated heterocycles. The molecular weight excluding hydrogens is 242 g/mol. The molecule has 1 aliphatic rings. The van der Waals surface area contributed by atoms with Gasteiger partial charge in [0, 0.05) is 6.07 Å². The van der Waals surface area contributed by atoms with Crippen LogP contribution in [0.5, 0.6) is 11.5 Å². The van der Waals surface area contributed by atoms with E-state index in [9.17, 15) is 8.42 Å². The first-order valence-corrected chi connectivity index (χ1v) is 7.11. The summed E-state index contributed by atoms with van der Waals surface area (Å²) in [5.41, 5.74) is 5.34. The van der Waals surface area contributed by atoms with Gasteiger partial charge in [-0.15, -0.1) is 0 Å². The van der Waals surface area contributed by atoms with E-state index in [-0.39, 0.29) is 17.4 Å². The van der Waals surface area contributed by atoms with Crippen LogP contribution in [0.25, 0.3) is 0 Å². The third kappa shape index (κ3) is 2.70. The van der Waals surface area contributed by atoms with Crippen molar-refractivity contribution in [1.82, 2.24) is 0 Å². The van der Waals surface area contributed by atoms with Crippen molar-refractivity contribution in [2.75, 3.05) is 19.1 Å². The largest absolute Gasteiger partial charge is 0.454 e. The topological polar surface area (TPSA) is 78.6 Å². The highest BCUT2D eigenvalue weighted by Crippen LogP contribution is 2.34. The lowest BCUT2D eigenvalue weighted by Gasteiger charge is -2.05. The van der Waals surface area contributed by atoms with Crippen molar-refractivity contribution in [2.45, 2.75) is 17.7 Å². The van der Waals surface area contributed by atoms with Crippen molar-refractivity contribution >= 4 is 9.84 Å². The average Bonchev–Trinajstić information content (AvgIpc) is 2.76. The molecule has 2 N–H and O–H groups in total. The van der Waals surface area contributed by atoms with Crippen LogP contribution in [-0.4, -0.2) is 27.5 Å². The molecule has 94 valence electrons. The van der Waals surface area contributed by atoms with Gasteiger partial charge in [0.05, 0.1) is 10.6 Å². The maximum atomic E-state index is 12.0. The highest BCUT2D eigenvalue weighted by atomic mass is 32.2. The minimum atomic E-state index is -3.25. The van der Waals surface area contributed by atoms with Gasteiger partial charge in [0.1, 0.15) is 0 Å². The highest BCUT2D eigenvalue weighted by molar-refractivity contribution is 7.91. The van der Waals surface area contributed by atoms with Crippen LogP contribution < -0.4 is 15.2 Å². The van der Waals surface area contributed by atoms with Crippen LogP contribution in [0, 0.1) is 0 Å². The molecule has 17 heavy (non-hydrogen) atoms. The molecule has 0 aliphatic carbocycles. The van der Waals surface area contributed by atoms with Gasteiger partial charge < -0.3 is 15.2 Å². The lowest BCUT2D eigenvalue weighted by atomic mass is 10.3. The molecule has 0 unspecified atom stereocenters. The van der Waals surface area contributed by atoms with E-state index in [2.05, 4.69) is 0 Å². The van der Waals surface area contributed by atoms with Gasteiger partial charge in [0.15, 0.2) is 21.3 Å². The fraction of sp³-hybridized carbons (Fsp3) is 0.455. The summed E-state index contributed by atoms with van der Waals surface area (Å²) in [4.78, 5) is 0.277. The summed E-state index contributed by atoms with van der Waals surface area (Å²) >= 11 is 0. The smallest absolute Gasteiger partial charge is 0.231 e. The van der Waals surface area contributed by atoms with Crippen molar-refractivity contribution in [3.63, 3.8) is 0 Å². The van der Waals surface area contributed by atoms with E-state index in [4.69, 9.17) is 15.2 Å². The molecule has 0 fully saturated rings.